The topological polar surface area (TPSA) is 0 Å². The molecule has 1 rings (SSSR count). The summed E-state index contributed by atoms with van der Waals surface area (Å²) in [6, 6.07) is 4.46. The Labute approximate surface area is 99.4 Å². The lowest BCUT2D eigenvalue weighted by Crippen LogP contribution is -2.01. The molecule has 0 saturated heterocycles. The van der Waals surface area contributed by atoms with Crippen molar-refractivity contribution < 1.29 is 0 Å². The summed E-state index contributed by atoms with van der Waals surface area (Å²) in [6.07, 6.45) is 2.87. The summed E-state index contributed by atoms with van der Waals surface area (Å²) in [5.41, 5.74) is 5.37. The van der Waals surface area contributed by atoms with Gasteiger partial charge in [0.1, 0.15) is 0 Å². The van der Waals surface area contributed by atoms with Gasteiger partial charge < -0.3 is 0 Å². The van der Waals surface area contributed by atoms with Crippen LogP contribution >= 0.6 is 0 Å². The Balaban J connectivity index is 3.26. The molecule has 0 fully saturated rings. The molecule has 0 saturated carbocycles. The number of hydrogen-bond acceptors (Lipinski definition) is 0. The van der Waals surface area contributed by atoms with Gasteiger partial charge in [-0.1, -0.05) is 29.7 Å². The highest BCUT2D eigenvalue weighted by Gasteiger charge is 2.12. The van der Waals surface area contributed by atoms with Crippen molar-refractivity contribution in [2.45, 2.75) is 40.0 Å². The van der Waals surface area contributed by atoms with E-state index in [2.05, 4.69) is 51.3 Å². The van der Waals surface area contributed by atoms with Gasteiger partial charge in [-0.2, -0.15) is 0 Å². The first-order chi connectivity index (χ1) is 7.60. The predicted molar refractivity (Wildman–Crippen MR) is 71.7 cm³/mol. The normalized spacial score (nSPS) is 11.5. The molecular weight excluding hydrogens is 192 g/mol. The molecule has 0 aliphatic heterocycles. The van der Waals surface area contributed by atoms with Gasteiger partial charge in [0.2, 0.25) is 0 Å². The fourth-order valence-corrected chi connectivity index (χ4v) is 2.33. The lowest BCUT2D eigenvalue weighted by molar-refractivity contribution is 0.872. The molecule has 0 heterocycles. The summed E-state index contributed by atoms with van der Waals surface area (Å²) in [5.74, 6) is 6.60. The first-order valence-corrected chi connectivity index (χ1v) is 5.71. The van der Waals surface area contributed by atoms with Crippen molar-refractivity contribution in [1.29, 1.82) is 0 Å². The molecule has 0 aliphatic rings. The maximum Gasteiger partial charge on any atom is 0.0491 e. The molecule has 0 aromatic heterocycles. The third kappa shape index (κ3) is 2.76. The van der Waals surface area contributed by atoms with E-state index in [4.69, 9.17) is 0 Å². The summed E-state index contributed by atoms with van der Waals surface area (Å²) < 4.78 is 0. The van der Waals surface area contributed by atoms with Crippen LogP contribution in [0.25, 0.3) is 0 Å². The van der Waals surface area contributed by atoms with E-state index in [1.807, 2.05) is 13.0 Å². The van der Waals surface area contributed by atoms with Crippen LogP contribution < -0.4 is 0 Å². The molecule has 1 atom stereocenters. The predicted octanol–water partition coefficient (Wildman–Crippen LogP) is 4.29. The Kier molecular flexibility index (Phi) is 4.38. The van der Waals surface area contributed by atoms with Crippen LogP contribution in [0.4, 0.5) is 0 Å². The van der Waals surface area contributed by atoms with Crippen LogP contribution in [0, 0.1) is 32.6 Å². The van der Waals surface area contributed by atoms with Gasteiger partial charge in [0, 0.05) is 5.92 Å². The molecule has 0 amide bonds. The zero-order chi connectivity index (χ0) is 12.1. The van der Waals surface area contributed by atoms with Crippen molar-refractivity contribution in [3.63, 3.8) is 0 Å². The quantitative estimate of drug-likeness (QED) is 0.518. The number of rotatable bonds is 3. The van der Waals surface area contributed by atoms with E-state index in [-0.39, 0.29) is 0 Å². The fraction of sp³-hybridized carbons (Fsp3) is 0.375. The third-order valence-electron chi connectivity index (χ3n) is 2.81. The minimum absolute atomic E-state index is 0.295. The second kappa shape index (κ2) is 5.56. The molecule has 0 spiro atoms. The zero-order valence-corrected chi connectivity index (χ0v) is 10.7. The highest BCUT2D eigenvalue weighted by molar-refractivity contribution is 5.43. The van der Waals surface area contributed by atoms with Crippen molar-refractivity contribution in [2.75, 3.05) is 0 Å². The van der Waals surface area contributed by atoms with Crippen LogP contribution in [-0.4, -0.2) is 0 Å². The van der Waals surface area contributed by atoms with E-state index in [1.54, 1.807) is 0 Å². The third-order valence-corrected chi connectivity index (χ3v) is 2.81. The molecule has 16 heavy (non-hydrogen) atoms. The first-order valence-electron chi connectivity index (χ1n) is 5.71. The van der Waals surface area contributed by atoms with E-state index in [0.717, 1.165) is 6.42 Å². The van der Waals surface area contributed by atoms with Crippen molar-refractivity contribution in [2.24, 2.45) is 0 Å². The van der Waals surface area contributed by atoms with Crippen LogP contribution in [0.1, 0.15) is 41.5 Å². The zero-order valence-electron chi connectivity index (χ0n) is 10.7. The molecule has 0 bridgehead atoms. The summed E-state index contributed by atoms with van der Waals surface area (Å²) in [5, 5.41) is 0. The second-order valence-electron chi connectivity index (χ2n) is 4.28. The summed E-state index contributed by atoms with van der Waals surface area (Å²) in [6.45, 7) is 12.2. The van der Waals surface area contributed by atoms with Gasteiger partial charge in [-0.15, -0.1) is 12.5 Å². The van der Waals surface area contributed by atoms with E-state index >= 15 is 0 Å². The van der Waals surface area contributed by atoms with Crippen molar-refractivity contribution in [1.82, 2.24) is 0 Å². The van der Waals surface area contributed by atoms with Crippen LogP contribution in [-0.2, 0) is 0 Å². The maximum atomic E-state index is 3.82. The number of benzene rings is 1. The Morgan fingerprint density at radius 1 is 1.25 bits per heavy atom. The fourth-order valence-electron chi connectivity index (χ4n) is 2.33. The minimum atomic E-state index is 0.295. The van der Waals surface area contributed by atoms with E-state index in [1.165, 1.54) is 22.3 Å². The van der Waals surface area contributed by atoms with Crippen LogP contribution in [0.5, 0.6) is 0 Å². The molecular formula is C16H20. The monoisotopic (exact) mass is 212 g/mol. The van der Waals surface area contributed by atoms with Gasteiger partial charge >= 0.3 is 0 Å². The maximum absolute atomic E-state index is 3.82. The SMILES string of the molecule is C=CCC(C#CC)c1c(C)cc(C)cc1C. The smallest absolute Gasteiger partial charge is 0.0491 e. The average Bonchev–Trinajstić information content (AvgIpc) is 2.16. The number of allylic oxidation sites excluding steroid dienone is 1. The highest BCUT2D eigenvalue weighted by atomic mass is 14.2. The van der Waals surface area contributed by atoms with Crippen LogP contribution in [0.3, 0.4) is 0 Å². The number of hydrogen-bond donors (Lipinski definition) is 0. The molecule has 1 aromatic rings. The van der Waals surface area contributed by atoms with Crippen molar-refractivity contribution in [3.05, 3.63) is 47.0 Å². The van der Waals surface area contributed by atoms with Crippen LogP contribution in [0.2, 0.25) is 0 Å². The number of aryl methyl sites for hydroxylation is 3. The lowest BCUT2D eigenvalue weighted by Gasteiger charge is -2.16. The molecule has 1 unspecified atom stereocenters. The Morgan fingerprint density at radius 3 is 2.25 bits per heavy atom. The Morgan fingerprint density at radius 2 is 1.81 bits per heavy atom. The van der Waals surface area contributed by atoms with E-state index in [0.29, 0.717) is 5.92 Å². The molecule has 0 nitrogen and oxygen atoms in total. The molecule has 1 aromatic carbocycles. The molecule has 0 aliphatic carbocycles. The molecule has 84 valence electrons. The van der Waals surface area contributed by atoms with E-state index in [9.17, 15) is 0 Å². The summed E-state index contributed by atoms with van der Waals surface area (Å²) >= 11 is 0. The first kappa shape index (κ1) is 12.6. The standard InChI is InChI=1S/C16H20/c1-6-8-15(9-7-2)16-13(4)10-12(3)11-14(16)5/h6,10-11,15H,1,8H2,2-5H3. The Hall–Kier alpha value is -1.48. The average molecular weight is 212 g/mol. The highest BCUT2D eigenvalue weighted by Crippen LogP contribution is 2.27. The largest absolute Gasteiger partial charge is 0.106 e. The van der Waals surface area contributed by atoms with Gasteiger partial charge in [-0.3, -0.25) is 0 Å². The van der Waals surface area contributed by atoms with Crippen molar-refractivity contribution >= 4 is 0 Å². The summed E-state index contributed by atoms with van der Waals surface area (Å²) in [7, 11) is 0. The second-order valence-corrected chi connectivity index (χ2v) is 4.28. The van der Waals surface area contributed by atoms with Gasteiger partial charge in [0.05, 0.1) is 0 Å². The molecule has 0 heteroatoms. The van der Waals surface area contributed by atoms with Crippen molar-refractivity contribution in [3.8, 4) is 11.8 Å². The molecule has 0 N–H and O–H groups in total. The van der Waals surface area contributed by atoms with Gasteiger partial charge in [0.25, 0.3) is 0 Å². The lowest BCUT2D eigenvalue weighted by atomic mass is 9.88. The molecule has 0 radical (unpaired) electrons. The van der Waals surface area contributed by atoms with Gasteiger partial charge in [0.15, 0.2) is 0 Å². The van der Waals surface area contributed by atoms with Crippen LogP contribution in [0.15, 0.2) is 24.8 Å². The minimum Gasteiger partial charge on any atom is -0.106 e. The van der Waals surface area contributed by atoms with Gasteiger partial charge in [-0.05, 0) is 50.8 Å². The Bertz CT molecular complexity index is 418. The van der Waals surface area contributed by atoms with Gasteiger partial charge in [-0.25, -0.2) is 0 Å². The summed E-state index contributed by atoms with van der Waals surface area (Å²) in [4.78, 5) is 0. The van der Waals surface area contributed by atoms with E-state index < -0.39 is 0 Å².